The molecule has 0 atom stereocenters. The van der Waals surface area contributed by atoms with Crippen LogP contribution in [0.5, 0.6) is 11.5 Å². The van der Waals surface area contributed by atoms with E-state index < -0.39 is 5.97 Å². The Balaban J connectivity index is 2.07. The zero-order valence-corrected chi connectivity index (χ0v) is 15.7. The van der Waals surface area contributed by atoms with Crippen LogP contribution in [0.3, 0.4) is 0 Å². The molecule has 1 amide bonds. The first kappa shape index (κ1) is 21.0. The quantitative estimate of drug-likeness (QED) is 0.289. The van der Waals surface area contributed by atoms with Gasteiger partial charge < -0.3 is 23.8 Å². The van der Waals surface area contributed by atoms with Crippen LogP contribution in [0.4, 0.5) is 0 Å². The fraction of sp³-hybridized carbons (Fsp3) is 0.350. The molecule has 1 aliphatic rings. The van der Waals surface area contributed by atoms with Gasteiger partial charge in [0.05, 0.1) is 20.3 Å². The topological polar surface area (TPSA) is 98.1 Å². The van der Waals surface area contributed by atoms with Crippen LogP contribution in [0.1, 0.15) is 5.56 Å². The summed E-state index contributed by atoms with van der Waals surface area (Å²) in [6, 6.07) is 6.67. The zero-order chi connectivity index (χ0) is 20.4. The lowest BCUT2D eigenvalue weighted by molar-refractivity contribution is -0.138. The minimum atomic E-state index is -0.738. The Morgan fingerprint density at radius 2 is 2.07 bits per heavy atom. The molecule has 0 bridgehead atoms. The van der Waals surface area contributed by atoms with Crippen molar-refractivity contribution in [3.63, 3.8) is 0 Å². The maximum absolute atomic E-state index is 12.2. The van der Waals surface area contributed by atoms with Gasteiger partial charge in [-0.3, -0.25) is 4.79 Å². The molecule has 0 radical (unpaired) electrons. The molecule has 0 aromatic heterocycles. The average molecular weight is 386 g/mol. The second-order valence-corrected chi connectivity index (χ2v) is 5.75. The van der Waals surface area contributed by atoms with Crippen molar-refractivity contribution in [2.45, 2.75) is 0 Å². The van der Waals surface area contributed by atoms with Gasteiger partial charge in [-0.2, -0.15) is 5.26 Å². The van der Waals surface area contributed by atoms with Gasteiger partial charge in [-0.25, -0.2) is 4.79 Å². The van der Waals surface area contributed by atoms with Gasteiger partial charge in [0.15, 0.2) is 18.1 Å². The van der Waals surface area contributed by atoms with Crippen LogP contribution in [0.15, 0.2) is 36.4 Å². The number of carbonyl (C=O) groups is 2. The van der Waals surface area contributed by atoms with Gasteiger partial charge >= 0.3 is 5.97 Å². The zero-order valence-electron chi connectivity index (χ0n) is 15.7. The highest BCUT2D eigenvalue weighted by molar-refractivity contribution is 5.98. The number of morpholine rings is 1. The summed E-state index contributed by atoms with van der Waals surface area (Å²) < 4.78 is 21.0. The Bertz CT molecular complexity index is 790. The van der Waals surface area contributed by atoms with E-state index in [-0.39, 0.29) is 24.7 Å². The summed E-state index contributed by atoms with van der Waals surface area (Å²) in [6.07, 6.45) is 2.80. The number of methoxy groups -OCH3 is 1. The Hall–Kier alpha value is -3.31. The lowest BCUT2D eigenvalue weighted by atomic mass is 10.1. The Kier molecular flexibility index (Phi) is 8.06. The number of benzene rings is 1. The number of carbonyl (C=O) groups excluding carboxylic acids is 2. The first-order chi connectivity index (χ1) is 13.6. The molecule has 2 rings (SSSR count). The van der Waals surface area contributed by atoms with Gasteiger partial charge in [-0.15, -0.1) is 0 Å². The predicted octanol–water partition coefficient (Wildman–Crippen LogP) is 1.57. The standard InChI is InChI=1S/C20H22N2O6/c1-3-8-27-20(24)16(13-21)11-15-4-5-17(18(12-15)25-2)28-14-19(23)22-6-9-26-10-7-22/h3-5,11-12H,1,6-10,14H2,2H3/b16-11+. The molecule has 0 spiro atoms. The molecule has 1 aliphatic heterocycles. The second kappa shape index (κ2) is 10.7. The summed E-state index contributed by atoms with van der Waals surface area (Å²) in [4.78, 5) is 25.7. The van der Waals surface area contributed by atoms with Gasteiger partial charge in [-0.1, -0.05) is 18.7 Å². The van der Waals surface area contributed by atoms with E-state index in [2.05, 4.69) is 6.58 Å². The summed E-state index contributed by atoms with van der Waals surface area (Å²) in [6.45, 7) is 5.48. The minimum Gasteiger partial charge on any atom is -0.493 e. The van der Waals surface area contributed by atoms with E-state index in [1.807, 2.05) is 6.07 Å². The molecule has 0 aliphatic carbocycles. The normalized spacial score (nSPS) is 14.0. The van der Waals surface area contributed by atoms with E-state index in [9.17, 15) is 9.59 Å². The van der Waals surface area contributed by atoms with Crippen molar-refractivity contribution in [1.29, 1.82) is 5.26 Å². The summed E-state index contributed by atoms with van der Waals surface area (Å²) in [5, 5.41) is 9.16. The SMILES string of the molecule is C=CCOC(=O)/C(C#N)=C/c1ccc(OCC(=O)N2CCOCC2)c(OC)c1. The molecule has 1 aromatic carbocycles. The molecule has 8 heteroatoms. The van der Waals surface area contributed by atoms with E-state index in [4.69, 9.17) is 24.2 Å². The number of nitrogens with zero attached hydrogens (tertiary/aromatic N) is 2. The number of ether oxygens (including phenoxy) is 4. The van der Waals surface area contributed by atoms with Crippen molar-refractivity contribution in [3.8, 4) is 17.6 Å². The van der Waals surface area contributed by atoms with Crippen molar-refractivity contribution < 1.29 is 28.5 Å². The molecular formula is C20H22N2O6. The number of hydrogen-bond acceptors (Lipinski definition) is 7. The number of esters is 1. The maximum Gasteiger partial charge on any atom is 0.349 e. The minimum absolute atomic E-state index is 0.0190. The molecule has 0 saturated carbocycles. The van der Waals surface area contributed by atoms with Gasteiger partial charge in [0.25, 0.3) is 5.91 Å². The first-order valence-electron chi connectivity index (χ1n) is 8.65. The van der Waals surface area contributed by atoms with E-state index in [1.54, 1.807) is 23.1 Å². The first-order valence-corrected chi connectivity index (χ1v) is 8.65. The van der Waals surface area contributed by atoms with Crippen molar-refractivity contribution in [2.24, 2.45) is 0 Å². The van der Waals surface area contributed by atoms with Crippen LogP contribution in [-0.4, -0.2) is 63.4 Å². The molecular weight excluding hydrogens is 364 g/mol. The third kappa shape index (κ3) is 5.86. The lowest BCUT2D eigenvalue weighted by Gasteiger charge is -2.26. The highest BCUT2D eigenvalue weighted by atomic mass is 16.5. The summed E-state index contributed by atoms with van der Waals surface area (Å²) in [5.74, 6) is -0.113. The van der Waals surface area contributed by atoms with Gasteiger partial charge in [-0.05, 0) is 23.8 Å². The molecule has 28 heavy (non-hydrogen) atoms. The third-order valence-electron chi connectivity index (χ3n) is 3.89. The highest BCUT2D eigenvalue weighted by Gasteiger charge is 2.18. The van der Waals surface area contributed by atoms with E-state index in [0.717, 1.165) is 0 Å². The van der Waals surface area contributed by atoms with Crippen LogP contribution in [0.2, 0.25) is 0 Å². The molecule has 0 N–H and O–H groups in total. The number of nitriles is 1. The van der Waals surface area contributed by atoms with Crippen LogP contribution in [0, 0.1) is 11.3 Å². The van der Waals surface area contributed by atoms with E-state index in [1.165, 1.54) is 19.3 Å². The second-order valence-electron chi connectivity index (χ2n) is 5.75. The molecule has 148 valence electrons. The average Bonchev–Trinajstić information content (AvgIpc) is 2.74. The molecule has 8 nitrogen and oxygen atoms in total. The van der Waals surface area contributed by atoms with Gasteiger partial charge in [0.2, 0.25) is 0 Å². The monoisotopic (exact) mass is 386 g/mol. The van der Waals surface area contributed by atoms with Crippen LogP contribution < -0.4 is 9.47 Å². The number of rotatable bonds is 8. The van der Waals surface area contributed by atoms with Crippen LogP contribution in [0.25, 0.3) is 6.08 Å². The van der Waals surface area contributed by atoms with Crippen molar-refractivity contribution >= 4 is 18.0 Å². The van der Waals surface area contributed by atoms with E-state index in [0.29, 0.717) is 43.4 Å². The Morgan fingerprint density at radius 3 is 2.71 bits per heavy atom. The highest BCUT2D eigenvalue weighted by Crippen LogP contribution is 2.29. The number of amides is 1. The smallest absolute Gasteiger partial charge is 0.349 e. The molecule has 1 heterocycles. The predicted molar refractivity (Wildman–Crippen MR) is 101 cm³/mol. The van der Waals surface area contributed by atoms with Gasteiger partial charge in [0.1, 0.15) is 18.2 Å². The van der Waals surface area contributed by atoms with Crippen molar-refractivity contribution in [1.82, 2.24) is 4.90 Å². The third-order valence-corrected chi connectivity index (χ3v) is 3.89. The Morgan fingerprint density at radius 1 is 1.32 bits per heavy atom. The fourth-order valence-corrected chi connectivity index (χ4v) is 2.45. The lowest BCUT2D eigenvalue weighted by Crippen LogP contribution is -2.43. The fourth-order valence-electron chi connectivity index (χ4n) is 2.45. The summed E-state index contributed by atoms with van der Waals surface area (Å²) in [7, 11) is 1.46. The molecule has 0 unspecified atom stereocenters. The largest absolute Gasteiger partial charge is 0.493 e. The van der Waals surface area contributed by atoms with Crippen LogP contribution >= 0.6 is 0 Å². The molecule has 1 fully saturated rings. The van der Waals surface area contributed by atoms with Gasteiger partial charge in [0, 0.05) is 13.1 Å². The van der Waals surface area contributed by atoms with Crippen molar-refractivity contribution in [2.75, 3.05) is 46.6 Å². The molecule has 1 aromatic rings. The van der Waals surface area contributed by atoms with Crippen molar-refractivity contribution in [3.05, 3.63) is 42.0 Å². The summed E-state index contributed by atoms with van der Waals surface area (Å²) in [5.41, 5.74) is 0.399. The maximum atomic E-state index is 12.2. The Labute approximate surface area is 163 Å². The number of hydrogen-bond donors (Lipinski definition) is 0. The molecule has 1 saturated heterocycles. The van der Waals surface area contributed by atoms with E-state index >= 15 is 0 Å². The van der Waals surface area contributed by atoms with Crippen LogP contribution in [-0.2, 0) is 19.1 Å². The summed E-state index contributed by atoms with van der Waals surface area (Å²) >= 11 is 0.